The first kappa shape index (κ1) is 15.0. The Balaban J connectivity index is 2.11. The first-order chi connectivity index (χ1) is 8.65. The van der Waals surface area contributed by atoms with E-state index in [0.717, 1.165) is 19.3 Å². The Bertz CT molecular complexity index is 278. The minimum atomic E-state index is -0.846. The summed E-state index contributed by atoms with van der Waals surface area (Å²) < 4.78 is 0. The number of rotatable bonds is 9. The highest BCUT2D eigenvalue weighted by molar-refractivity contribution is 5.86. The quantitative estimate of drug-likeness (QED) is 0.622. The standard InChI is InChI=1S/C14H25NO3/c1-2-3-4-5-6-7-8-9-12-11(14(17)18)10-13(16)15-12/h11-12H,2-10H2,1H3,(H,15,16)(H,17,18). The maximum atomic E-state index is 11.2. The molecule has 1 saturated heterocycles. The summed E-state index contributed by atoms with van der Waals surface area (Å²) in [7, 11) is 0. The molecule has 1 rings (SSSR count). The van der Waals surface area contributed by atoms with Crippen LogP contribution in [0, 0.1) is 5.92 Å². The van der Waals surface area contributed by atoms with Crippen LogP contribution in [0.3, 0.4) is 0 Å². The average molecular weight is 255 g/mol. The first-order valence-corrected chi connectivity index (χ1v) is 7.17. The van der Waals surface area contributed by atoms with Gasteiger partial charge >= 0.3 is 5.97 Å². The number of carbonyl (C=O) groups excluding carboxylic acids is 1. The highest BCUT2D eigenvalue weighted by Gasteiger charge is 2.36. The number of carboxylic acids is 1. The Kier molecular flexibility index (Phi) is 6.76. The summed E-state index contributed by atoms with van der Waals surface area (Å²) in [6, 6.07) is -0.148. The van der Waals surface area contributed by atoms with E-state index in [1.165, 1.54) is 32.1 Å². The van der Waals surface area contributed by atoms with Crippen LogP contribution < -0.4 is 5.32 Å². The van der Waals surface area contributed by atoms with Gasteiger partial charge in [0.15, 0.2) is 0 Å². The third kappa shape index (κ3) is 5.07. The van der Waals surface area contributed by atoms with Crippen LogP contribution in [0.4, 0.5) is 0 Å². The number of carbonyl (C=O) groups is 2. The van der Waals surface area contributed by atoms with Gasteiger partial charge in [0.25, 0.3) is 0 Å². The van der Waals surface area contributed by atoms with Gasteiger partial charge in [-0.3, -0.25) is 9.59 Å². The van der Waals surface area contributed by atoms with Crippen molar-refractivity contribution in [2.45, 2.75) is 70.8 Å². The molecule has 1 aliphatic heterocycles. The summed E-state index contributed by atoms with van der Waals surface area (Å²) in [4.78, 5) is 22.2. The normalized spacial score (nSPS) is 23.1. The molecule has 2 atom stereocenters. The van der Waals surface area contributed by atoms with Crippen molar-refractivity contribution < 1.29 is 14.7 Å². The van der Waals surface area contributed by atoms with Crippen molar-refractivity contribution in [1.29, 1.82) is 0 Å². The van der Waals surface area contributed by atoms with E-state index in [0.29, 0.717) is 0 Å². The first-order valence-electron chi connectivity index (χ1n) is 7.17. The molecular formula is C14H25NO3. The molecule has 0 aliphatic carbocycles. The molecule has 1 amide bonds. The summed E-state index contributed by atoms with van der Waals surface area (Å²) in [5.74, 6) is -1.48. The zero-order chi connectivity index (χ0) is 13.4. The Morgan fingerprint density at radius 1 is 1.22 bits per heavy atom. The lowest BCUT2D eigenvalue weighted by Gasteiger charge is -2.14. The molecule has 1 fully saturated rings. The highest BCUT2D eigenvalue weighted by Crippen LogP contribution is 2.22. The van der Waals surface area contributed by atoms with Gasteiger partial charge in [0.1, 0.15) is 0 Å². The number of unbranched alkanes of at least 4 members (excludes halogenated alkanes) is 6. The van der Waals surface area contributed by atoms with E-state index in [1.54, 1.807) is 0 Å². The van der Waals surface area contributed by atoms with Crippen molar-refractivity contribution in [2.75, 3.05) is 0 Å². The van der Waals surface area contributed by atoms with E-state index in [-0.39, 0.29) is 18.4 Å². The average Bonchev–Trinajstić information content (AvgIpc) is 2.69. The van der Waals surface area contributed by atoms with Gasteiger partial charge in [-0.25, -0.2) is 0 Å². The van der Waals surface area contributed by atoms with Crippen LogP contribution >= 0.6 is 0 Å². The molecule has 2 unspecified atom stereocenters. The molecule has 0 aromatic heterocycles. The monoisotopic (exact) mass is 255 g/mol. The van der Waals surface area contributed by atoms with Crippen LogP contribution in [-0.2, 0) is 9.59 Å². The molecule has 0 aromatic rings. The van der Waals surface area contributed by atoms with Crippen molar-refractivity contribution in [3.05, 3.63) is 0 Å². The molecule has 4 heteroatoms. The lowest BCUT2D eigenvalue weighted by molar-refractivity contribution is -0.142. The smallest absolute Gasteiger partial charge is 0.309 e. The van der Waals surface area contributed by atoms with Gasteiger partial charge in [-0.05, 0) is 6.42 Å². The lowest BCUT2D eigenvalue weighted by Crippen LogP contribution is -2.32. The Morgan fingerprint density at radius 2 is 1.83 bits per heavy atom. The van der Waals surface area contributed by atoms with Crippen molar-refractivity contribution in [2.24, 2.45) is 5.92 Å². The van der Waals surface area contributed by atoms with Crippen molar-refractivity contribution >= 4 is 11.9 Å². The van der Waals surface area contributed by atoms with Gasteiger partial charge in [0, 0.05) is 12.5 Å². The highest BCUT2D eigenvalue weighted by atomic mass is 16.4. The molecule has 0 radical (unpaired) electrons. The van der Waals surface area contributed by atoms with Crippen LogP contribution in [0.15, 0.2) is 0 Å². The molecular weight excluding hydrogens is 230 g/mol. The minimum absolute atomic E-state index is 0.115. The molecule has 18 heavy (non-hydrogen) atoms. The SMILES string of the molecule is CCCCCCCCCC1NC(=O)CC1C(=O)O. The van der Waals surface area contributed by atoms with Crippen LogP contribution in [-0.4, -0.2) is 23.0 Å². The summed E-state index contributed by atoms with van der Waals surface area (Å²) in [6.45, 7) is 2.20. The van der Waals surface area contributed by atoms with E-state index in [4.69, 9.17) is 5.11 Å². The van der Waals surface area contributed by atoms with Gasteiger partial charge in [-0.15, -0.1) is 0 Å². The van der Waals surface area contributed by atoms with Gasteiger partial charge < -0.3 is 10.4 Å². The second-order valence-corrected chi connectivity index (χ2v) is 5.23. The summed E-state index contributed by atoms with van der Waals surface area (Å²) in [5.41, 5.74) is 0. The second kappa shape index (κ2) is 8.11. The molecule has 104 valence electrons. The molecule has 0 bridgehead atoms. The van der Waals surface area contributed by atoms with Crippen LogP contribution in [0.1, 0.15) is 64.7 Å². The number of nitrogens with one attached hydrogen (secondary N) is 1. The van der Waals surface area contributed by atoms with E-state index in [2.05, 4.69) is 12.2 Å². The number of aliphatic carboxylic acids is 1. The van der Waals surface area contributed by atoms with Gasteiger partial charge in [-0.2, -0.15) is 0 Å². The third-order valence-electron chi connectivity index (χ3n) is 3.67. The number of hydrogen-bond acceptors (Lipinski definition) is 2. The number of hydrogen-bond donors (Lipinski definition) is 2. The van der Waals surface area contributed by atoms with E-state index in [9.17, 15) is 9.59 Å². The molecule has 2 N–H and O–H groups in total. The fourth-order valence-corrected chi connectivity index (χ4v) is 2.56. The molecule has 4 nitrogen and oxygen atoms in total. The van der Waals surface area contributed by atoms with E-state index in [1.807, 2.05) is 0 Å². The fourth-order valence-electron chi connectivity index (χ4n) is 2.56. The predicted molar refractivity (Wildman–Crippen MR) is 70.3 cm³/mol. The van der Waals surface area contributed by atoms with Crippen molar-refractivity contribution in [3.63, 3.8) is 0 Å². The van der Waals surface area contributed by atoms with Crippen LogP contribution in [0.25, 0.3) is 0 Å². The molecule has 1 aliphatic rings. The molecule has 0 saturated carbocycles. The van der Waals surface area contributed by atoms with Gasteiger partial charge in [-0.1, -0.05) is 51.9 Å². The lowest BCUT2D eigenvalue weighted by atomic mass is 9.95. The zero-order valence-corrected chi connectivity index (χ0v) is 11.3. The molecule has 1 heterocycles. The number of carboxylic acid groups (broad SMARTS) is 1. The second-order valence-electron chi connectivity index (χ2n) is 5.23. The third-order valence-corrected chi connectivity index (χ3v) is 3.67. The van der Waals surface area contributed by atoms with Crippen LogP contribution in [0.2, 0.25) is 0 Å². The molecule has 0 aromatic carbocycles. The summed E-state index contributed by atoms with van der Waals surface area (Å²) >= 11 is 0. The van der Waals surface area contributed by atoms with Gasteiger partial charge in [0.05, 0.1) is 5.92 Å². The zero-order valence-electron chi connectivity index (χ0n) is 11.3. The fraction of sp³-hybridized carbons (Fsp3) is 0.857. The van der Waals surface area contributed by atoms with Crippen molar-refractivity contribution in [1.82, 2.24) is 5.32 Å². The Hall–Kier alpha value is -1.06. The van der Waals surface area contributed by atoms with E-state index < -0.39 is 11.9 Å². The van der Waals surface area contributed by atoms with Gasteiger partial charge in [0.2, 0.25) is 5.91 Å². The Labute approximate surface area is 109 Å². The number of amides is 1. The van der Waals surface area contributed by atoms with Crippen molar-refractivity contribution in [3.8, 4) is 0 Å². The Morgan fingerprint density at radius 3 is 2.44 bits per heavy atom. The minimum Gasteiger partial charge on any atom is -0.481 e. The van der Waals surface area contributed by atoms with Crippen LogP contribution in [0.5, 0.6) is 0 Å². The predicted octanol–water partition coefficient (Wildman–Crippen LogP) is 2.72. The largest absolute Gasteiger partial charge is 0.481 e. The maximum Gasteiger partial charge on any atom is 0.309 e. The summed E-state index contributed by atoms with van der Waals surface area (Å²) in [6.07, 6.45) is 9.46. The maximum absolute atomic E-state index is 11.2. The molecule has 0 spiro atoms. The van der Waals surface area contributed by atoms with E-state index >= 15 is 0 Å². The topological polar surface area (TPSA) is 66.4 Å². The summed E-state index contributed by atoms with van der Waals surface area (Å²) in [5, 5.41) is 11.8.